The van der Waals surface area contributed by atoms with Crippen LogP contribution >= 0.6 is 0 Å². The van der Waals surface area contributed by atoms with Crippen LogP contribution in [0.2, 0.25) is 0 Å². The number of aliphatic hydroxyl groups excluding tert-OH is 1. The number of aryl methyl sites for hydroxylation is 2. The van der Waals surface area contributed by atoms with Crippen LogP contribution in [0.15, 0.2) is 48.5 Å². The van der Waals surface area contributed by atoms with Gasteiger partial charge in [0.1, 0.15) is 18.5 Å². The van der Waals surface area contributed by atoms with E-state index in [4.69, 9.17) is 4.74 Å². The molecular weight excluding hydrogens is 312 g/mol. The SMILES string of the molecule is Cc1ccc(C)c(OCC(O)CN2CCN(c3ccccc3)CC2)c1. The van der Waals surface area contributed by atoms with Crippen molar-refractivity contribution in [2.45, 2.75) is 20.0 Å². The van der Waals surface area contributed by atoms with E-state index in [0.29, 0.717) is 13.2 Å². The smallest absolute Gasteiger partial charge is 0.122 e. The minimum atomic E-state index is -0.469. The molecule has 2 aromatic carbocycles. The number of hydrogen-bond donors (Lipinski definition) is 1. The van der Waals surface area contributed by atoms with Crippen molar-refractivity contribution in [1.29, 1.82) is 0 Å². The van der Waals surface area contributed by atoms with Gasteiger partial charge >= 0.3 is 0 Å². The molecule has 1 unspecified atom stereocenters. The molecule has 0 spiro atoms. The fourth-order valence-corrected chi connectivity index (χ4v) is 3.23. The average molecular weight is 340 g/mol. The lowest BCUT2D eigenvalue weighted by Gasteiger charge is -2.36. The largest absolute Gasteiger partial charge is 0.491 e. The topological polar surface area (TPSA) is 35.9 Å². The standard InChI is InChI=1S/C21H28N2O2/c1-17-8-9-18(2)21(14-17)25-16-20(24)15-22-10-12-23(13-11-22)19-6-4-3-5-7-19/h3-9,14,20,24H,10-13,15-16H2,1-2H3. The Kier molecular flexibility index (Phi) is 5.95. The molecule has 1 N–H and O–H groups in total. The number of anilines is 1. The maximum atomic E-state index is 10.3. The lowest BCUT2D eigenvalue weighted by molar-refractivity contribution is 0.0660. The number of aliphatic hydroxyl groups is 1. The molecule has 1 fully saturated rings. The molecule has 0 aromatic heterocycles. The highest BCUT2D eigenvalue weighted by Crippen LogP contribution is 2.19. The van der Waals surface area contributed by atoms with Gasteiger partial charge in [0.25, 0.3) is 0 Å². The normalized spacial score (nSPS) is 16.7. The number of rotatable bonds is 6. The summed E-state index contributed by atoms with van der Waals surface area (Å²) < 4.78 is 5.82. The number of ether oxygens (including phenoxy) is 1. The van der Waals surface area contributed by atoms with Gasteiger partial charge in [0, 0.05) is 38.4 Å². The van der Waals surface area contributed by atoms with E-state index in [1.807, 2.05) is 19.1 Å². The Bertz CT molecular complexity index is 667. The Morgan fingerprint density at radius 2 is 1.72 bits per heavy atom. The summed E-state index contributed by atoms with van der Waals surface area (Å²) >= 11 is 0. The Morgan fingerprint density at radius 1 is 1.00 bits per heavy atom. The predicted octanol–water partition coefficient (Wildman–Crippen LogP) is 2.87. The Labute approximate surface area is 150 Å². The lowest BCUT2D eigenvalue weighted by atomic mass is 10.1. The quantitative estimate of drug-likeness (QED) is 0.877. The first-order chi connectivity index (χ1) is 12.1. The van der Waals surface area contributed by atoms with Crippen LogP contribution < -0.4 is 9.64 Å². The van der Waals surface area contributed by atoms with Crippen molar-refractivity contribution in [3.8, 4) is 5.75 Å². The summed E-state index contributed by atoms with van der Waals surface area (Å²) in [5, 5.41) is 10.3. The molecular formula is C21H28N2O2. The number of hydrogen-bond acceptors (Lipinski definition) is 4. The van der Waals surface area contributed by atoms with Crippen LogP contribution in [-0.4, -0.2) is 55.4 Å². The molecule has 1 aliphatic heterocycles. The van der Waals surface area contributed by atoms with E-state index in [9.17, 15) is 5.11 Å². The zero-order valence-electron chi connectivity index (χ0n) is 15.2. The molecule has 1 atom stereocenters. The van der Waals surface area contributed by atoms with Gasteiger partial charge in [-0.05, 0) is 43.2 Å². The van der Waals surface area contributed by atoms with Crippen molar-refractivity contribution in [3.05, 3.63) is 59.7 Å². The van der Waals surface area contributed by atoms with Gasteiger partial charge in [-0.15, -0.1) is 0 Å². The van der Waals surface area contributed by atoms with Gasteiger partial charge in [0.05, 0.1) is 0 Å². The van der Waals surface area contributed by atoms with E-state index < -0.39 is 6.10 Å². The first kappa shape index (κ1) is 17.8. The molecule has 4 nitrogen and oxygen atoms in total. The third kappa shape index (κ3) is 4.97. The van der Waals surface area contributed by atoms with Gasteiger partial charge in [0.2, 0.25) is 0 Å². The molecule has 25 heavy (non-hydrogen) atoms. The fourth-order valence-electron chi connectivity index (χ4n) is 3.23. The van der Waals surface area contributed by atoms with Crippen LogP contribution in [0.1, 0.15) is 11.1 Å². The molecule has 1 aliphatic rings. The van der Waals surface area contributed by atoms with Crippen LogP contribution in [0.3, 0.4) is 0 Å². The van der Waals surface area contributed by atoms with Crippen molar-refractivity contribution < 1.29 is 9.84 Å². The second-order valence-corrected chi connectivity index (χ2v) is 6.86. The molecule has 0 aliphatic carbocycles. The maximum Gasteiger partial charge on any atom is 0.122 e. The number of β-amino-alcohol motifs (C(OH)–C–C–N with tert-alkyl or cyclic N) is 1. The van der Waals surface area contributed by atoms with Crippen molar-refractivity contribution in [2.24, 2.45) is 0 Å². The number of benzene rings is 2. The number of para-hydroxylation sites is 1. The minimum absolute atomic E-state index is 0.337. The second kappa shape index (κ2) is 8.37. The van der Waals surface area contributed by atoms with E-state index in [1.54, 1.807) is 0 Å². The van der Waals surface area contributed by atoms with Crippen LogP contribution in [0, 0.1) is 13.8 Å². The van der Waals surface area contributed by atoms with Gasteiger partial charge < -0.3 is 14.7 Å². The van der Waals surface area contributed by atoms with E-state index in [2.05, 4.69) is 53.1 Å². The first-order valence-corrected chi connectivity index (χ1v) is 9.02. The van der Waals surface area contributed by atoms with Crippen molar-refractivity contribution in [1.82, 2.24) is 4.90 Å². The number of nitrogens with zero attached hydrogens (tertiary/aromatic N) is 2. The zero-order chi connectivity index (χ0) is 17.6. The summed E-state index contributed by atoms with van der Waals surface area (Å²) in [5.41, 5.74) is 3.56. The molecule has 1 heterocycles. The number of piperazine rings is 1. The summed E-state index contributed by atoms with van der Waals surface area (Å²) in [6.45, 7) is 9.00. The van der Waals surface area contributed by atoms with Gasteiger partial charge in [-0.3, -0.25) is 4.90 Å². The third-order valence-corrected chi connectivity index (χ3v) is 4.74. The van der Waals surface area contributed by atoms with Gasteiger partial charge in [0.15, 0.2) is 0 Å². The van der Waals surface area contributed by atoms with Crippen molar-refractivity contribution in [3.63, 3.8) is 0 Å². The first-order valence-electron chi connectivity index (χ1n) is 9.02. The molecule has 3 rings (SSSR count). The average Bonchev–Trinajstić information content (AvgIpc) is 2.64. The molecule has 2 aromatic rings. The highest BCUT2D eigenvalue weighted by atomic mass is 16.5. The van der Waals surface area contributed by atoms with Crippen LogP contribution in [-0.2, 0) is 0 Å². The fraction of sp³-hybridized carbons (Fsp3) is 0.429. The van der Waals surface area contributed by atoms with E-state index in [0.717, 1.165) is 37.5 Å². The van der Waals surface area contributed by atoms with E-state index in [1.165, 1.54) is 11.3 Å². The van der Waals surface area contributed by atoms with Gasteiger partial charge in [-0.1, -0.05) is 30.3 Å². The summed E-state index contributed by atoms with van der Waals surface area (Å²) in [6.07, 6.45) is -0.469. The van der Waals surface area contributed by atoms with Crippen LogP contribution in [0.4, 0.5) is 5.69 Å². The molecule has 4 heteroatoms. The Balaban J connectivity index is 1.43. The minimum Gasteiger partial charge on any atom is -0.491 e. The third-order valence-electron chi connectivity index (χ3n) is 4.74. The monoisotopic (exact) mass is 340 g/mol. The molecule has 0 saturated carbocycles. The molecule has 1 saturated heterocycles. The van der Waals surface area contributed by atoms with E-state index in [-0.39, 0.29) is 0 Å². The molecule has 0 radical (unpaired) electrons. The van der Waals surface area contributed by atoms with Crippen LogP contribution in [0.5, 0.6) is 5.75 Å². The Hall–Kier alpha value is -2.04. The highest BCUT2D eigenvalue weighted by molar-refractivity contribution is 5.46. The Morgan fingerprint density at radius 3 is 2.44 bits per heavy atom. The zero-order valence-corrected chi connectivity index (χ0v) is 15.2. The maximum absolute atomic E-state index is 10.3. The van der Waals surface area contributed by atoms with Crippen molar-refractivity contribution >= 4 is 5.69 Å². The second-order valence-electron chi connectivity index (χ2n) is 6.86. The van der Waals surface area contributed by atoms with E-state index >= 15 is 0 Å². The molecule has 0 amide bonds. The van der Waals surface area contributed by atoms with Gasteiger partial charge in [-0.25, -0.2) is 0 Å². The summed E-state index contributed by atoms with van der Waals surface area (Å²) in [4.78, 5) is 4.71. The molecule has 0 bridgehead atoms. The van der Waals surface area contributed by atoms with Gasteiger partial charge in [-0.2, -0.15) is 0 Å². The lowest BCUT2D eigenvalue weighted by Crippen LogP contribution is -2.49. The molecule has 134 valence electrons. The summed E-state index contributed by atoms with van der Waals surface area (Å²) in [6, 6.07) is 16.7. The summed E-state index contributed by atoms with van der Waals surface area (Å²) in [7, 11) is 0. The highest BCUT2D eigenvalue weighted by Gasteiger charge is 2.19. The summed E-state index contributed by atoms with van der Waals surface area (Å²) in [5.74, 6) is 0.868. The van der Waals surface area contributed by atoms with Crippen LogP contribution in [0.25, 0.3) is 0 Å². The van der Waals surface area contributed by atoms with Crippen molar-refractivity contribution in [2.75, 3.05) is 44.2 Å². The predicted molar refractivity (Wildman–Crippen MR) is 103 cm³/mol.